The second-order valence-corrected chi connectivity index (χ2v) is 4.18. The van der Waals surface area contributed by atoms with Gasteiger partial charge in [0.2, 0.25) is 0 Å². The second kappa shape index (κ2) is 4.80. The van der Waals surface area contributed by atoms with Gasteiger partial charge in [-0.1, -0.05) is 18.2 Å². The normalized spacial score (nSPS) is 9.83. The van der Waals surface area contributed by atoms with Crippen molar-refractivity contribution in [1.82, 2.24) is 0 Å². The Morgan fingerprint density at radius 2 is 1.72 bits per heavy atom. The number of nitriles is 1. The number of nitrogen functional groups attached to an aromatic ring is 1. The summed E-state index contributed by atoms with van der Waals surface area (Å²) in [7, 11) is 1.94. The Kier molecular flexibility index (Phi) is 3.20. The summed E-state index contributed by atoms with van der Waals surface area (Å²) in [6.07, 6.45) is 0. The molecule has 18 heavy (non-hydrogen) atoms. The van der Waals surface area contributed by atoms with Gasteiger partial charge in [-0.05, 0) is 36.8 Å². The summed E-state index contributed by atoms with van der Waals surface area (Å²) in [5.41, 5.74) is 10.2. The van der Waals surface area contributed by atoms with Crippen molar-refractivity contribution in [2.75, 3.05) is 17.7 Å². The monoisotopic (exact) mass is 237 g/mol. The van der Waals surface area contributed by atoms with Crippen molar-refractivity contribution in [3.8, 4) is 6.07 Å². The first-order valence-electron chi connectivity index (χ1n) is 5.73. The molecule has 0 saturated heterocycles. The molecule has 0 heterocycles. The molecule has 90 valence electrons. The Bertz CT molecular complexity index is 611. The van der Waals surface area contributed by atoms with E-state index in [-0.39, 0.29) is 0 Å². The predicted molar refractivity (Wildman–Crippen MR) is 74.8 cm³/mol. The molecule has 0 atom stereocenters. The van der Waals surface area contributed by atoms with E-state index in [4.69, 9.17) is 11.0 Å². The van der Waals surface area contributed by atoms with Crippen molar-refractivity contribution in [3.63, 3.8) is 0 Å². The summed E-state index contributed by atoms with van der Waals surface area (Å²) < 4.78 is 0. The van der Waals surface area contributed by atoms with Crippen molar-refractivity contribution in [2.45, 2.75) is 6.92 Å². The van der Waals surface area contributed by atoms with Crippen LogP contribution in [-0.2, 0) is 0 Å². The lowest BCUT2D eigenvalue weighted by atomic mass is 10.1. The van der Waals surface area contributed by atoms with Crippen molar-refractivity contribution >= 4 is 17.1 Å². The van der Waals surface area contributed by atoms with E-state index in [0.29, 0.717) is 5.56 Å². The van der Waals surface area contributed by atoms with Crippen molar-refractivity contribution in [3.05, 3.63) is 53.6 Å². The average molecular weight is 237 g/mol. The summed E-state index contributed by atoms with van der Waals surface area (Å²) in [5.74, 6) is 0. The van der Waals surface area contributed by atoms with Crippen LogP contribution in [0.4, 0.5) is 17.1 Å². The van der Waals surface area contributed by atoms with E-state index in [1.54, 1.807) is 0 Å². The third-order valence-corrected chi connectivity index (χ3v) is 3.09. The number of benzene rings is 2. The van der Waals surface area contributed by atoms with Crippen molar-refractivity contribution < 1.29 is 0 Å². The maximum atomic E-state index is 9.14. The van der Waals surface area contributed by atoms with Gasteiger partial charge in [0.15, 0.2) is 0 Å². The van der Waals surface area contributed by atoms with Gasteiger partial charge in [-0.25, -0.2) is 0 Å². The Labute approximate surface area is 107 Å². The minimum Gasteiger partial charge on any atom is -0.398 e. The topological polar surface area (TPSA) is 53.0 Å². The number of anilines is 3. The molecule has 0 aliphatic heterocycles. The highest BCUT2D eigenvalue weighted by atomic mass is 15.1. The summed E-state index contributed by atoms with van der Waals surface area (Å²) in [6, 6.07) is 15.5. The van der Waals surface area contributed by atoms with Gasteiger partial charge in [-0.2, -0.15) is 5.26 Å². The minimum absolute atomic E-state index is 0.654. The van der Waals surface area contributed by atoms with E-state index >= 15 is 0 Å². The summed E-state index contributed by atoms with van der Waals surface area (Å²) in [4.78, 5) is 1.99. The quantitative estimate of drug-likeness (QED) is 0.816. The van der Waals surface area contributed by atoms with E-state index < -0.39 is 0 Å². The highest BCUT2D eigenvalue weighted by molar-refractivity contribution is 5.74. The molecule has 3 nitrogen and oxygen atoms in total. The van der Waals surface area contributed by atoms with Crippen LogP contribution in [0.1, 0.15) is 11.1 Å². The molecule has 2 aromatic carbocycles. The minimum atomic E-state index is 0.654. The fourth-order valence-corrected chi connectivity index (χ4v) is 1.99. The molecular weight excluding hydrogens is 222 g/mol. The molecule has 2 aromatic rings. The Hall–Kier alpha value is -2.47. The lowest BCUT2D eigenvalue weighted by Crippen LogP contribution is -2.13. The number of hydrogen-bond acceptors (Lipinski definition) is 3. The lowest BCUT2D eigenvalue weighted by molar-refractivity contribution is 1.18. The van der Waals surface area contributed by atoms with E-state index in [1.807, 2.05) is 61.3 Å². The first-order valence-corrected chi connectivity index (χ1v) is 5.73. The molecule has 0 amide bonds. The molecule has 0 aliphatic carbocycles. The van der Waals surface area contributed by atoms with Crippen LogP contribution >= 0.6 is 0 Å². The third-order valence-electron chi connectivity index (χ3n) is 3.09. The third kappa shape index (κ3) is 2.01. The standard InChI is InChI=1S/C15H15N3/c1-11-13(17)7-5-9-14(11)18(2)15-8-4-3-6-12(15)10-16/h3-9H,17H2,1-2H3. The van der Waals surface area contributed by atoms with E-state index in [0.717, 1.165) is 22.6 Å². The van der Waals surface area contributed by atoms with E-state index in [1.165, 1.54) is 0 Å². The highest BCUT2D eigenvalue weighted by Crippen LogP contribution is 2.31. The molecule has 2 rings (SSSR count). The SMILES string of the molecule is Cc1c(N)cccc1N(C)c1ccccc1C#N. The van der Waals surface area contributed by atoms with Crippen LogP contribution in [0, 0.1) is 18.3 Å². The molecule has 0 bridgehead atoms. The predicted octanol–water partition coefficient (Wildman–Crippen LogP) is 3.22. The number of hydrogen-bond donors (Lipinski definition) is 1. The summed E-state index contributed by atoms with van der Waals surface area (Å²) in [6.45, 7) is 1.98. The molecule has 0 unspecified atom stereocenters. The lowest BCUT2D eigenvalue weighted by Gasteiger charge is -2.23. The molecule has 0 aliphatic rings. The van der Waals surface area contributed by atoms with Crippen LogP contribution in [0.15, 0.2) is 42.5 Å². The van der Waals surface area contributed by atoms with Gasteiger partial charge in [-0.15, -0.1) is 0 Å². The van der Waals surface area contributed by atoms with Crippen molar-refractivity contribution in [2.24, 2.45) is 0 Å². The first kappa shape index (κ1) is 12.0. The van der Waals surface area contributed by atoms with Crippen LogP contribution in [-0.4, -0.2) is 7.05 Å². The number of para-hydroxylation sites is 1. The zero-order chi connectivity index (χ0) is 13.1. The van der Waals surface area contributed by atoms with Gasteiger partial charge < -0.3 is 10.6 Å². The average Bonchev–Trinajstić information content (AvgIpc) is 2.41. The fraction of sp³-hybridized carbons (Fsp3) is 0.133. The maximum Gasteiger partial charge on any atom is 0.101 e. The molecule has 0 fully saturated rings. The van der Waals surface area contributed by atoms with Crippen LogP contribution in [0.3, 0.4) is 0 Å². The first-order chi connectivity index (χ1) is 8.65. The van der Waals surface area contributed by atoms with Gasteiger partial charge >= 0.3 is 0 Å². The van der Waals surface area contributed by atoms with Gasteiger partial charge in [0, 0.05) is 18.4 Å². The van der Waals surface area contributed by atoms with Gasteiger partial charge in [0.05, 0.1) is 11.3 Å². The maximum absolute atomic E-state index is 9.14. The zero-order valence-corrected chi connectivity index (χ0v) is 10.5. The smallest absolute Gasteiger partial charge is 0.101 e. The molecular formula is C15H15N3. The van der Waals surface area contributed by atoms with Crippen LogP contribution in [0.25, 0.3) is 0 Å². The Morgan fingerprint density at radius 3 is 2.44 bits per heavy atom. The number of nitrogens with zero attached hydrogens (tertiary/aromatic N) is 2. The highest BCUT2D eigenvalue weighted by Gasteiger charge is 2.11. The largest absolute Gasteiger partial charge is 0.398 e. The van der Waals surface area contributed by atoms with Crippen molar-refractivity contribution in [1.29, 1.82) is 5.26 Å². The molecule has 0 spiro atoms. The van der Waals surface area contributed by atoms with Crippen LogP contribution in [0.2, 0.25) is 0 Å². The summed E-state index contributed by atoms with van der Waals surface area (Å²) in [5, 5.41) is 9.14. The number of nitrogens with two attached hydrogens (primary N) is 1. The molecule has 0 aromatic heterocycles. The van der Waals surface area contributed by atoms with Gasteiger partial charge in [0.1, 0.15) is 6.07 Å². The number of rotatable bonds is 2. The zero-order valence-electron chi connectivity index (χ0n) is 10.5. The summed E-state index contributed by atoms with van der Waals surface area (Å²) >= 11 is 0. The second-order valence-electron chi connectivity index (χ2n) is 4.18. The molecule has 0 saturated carbocycles. The molecule has 2 N–H and O–H groups in total. The van der Waals surface area contributed by atoms with Gasteiger partial charge in [-0.3, -0.25) is 0 Å². The fourth-order valence-electron chi connectivity index (χ4n) is 1.99. The van der Waals surface area contributed by atoms with E-state index in [9.17, 15) is 0 Å². The van der Waals surface area contributed by atoms with Gasteiger partial charge in [0.25, 0.3) is 0 Å². The van der Waals surface area contributed by atoms with Crippen LogP contribution < -0.4 is 10.6 Å². The molecule has 3 heteroatoms. The van der Waals surface area contributed by atoms with E-state index in [2.05, 4.69) is 6.07 Å². The molecule has 0 radical (unpaired) electrons. The Morgan fingerprint density at radius 1 is 1.06 bits per heavy atom. The Balaban J connectivity index is 2.52. The van der Waals surface area contributed by atoms with Crippen LogP contribution in [0.5, 0.6) is 0 Å².